The molecule has 0 atom stereocenters. The van der Waals surface area contributed by atoms with Gasteiger partial charge in [0.2, 0.25) is 0 Å². The molecule has 1 aliphatic carbocycles. The van der Waals surface area contributed by atoms with Crippen LogP contribution in [0.3, 0.4) is 0 Å². The van der Waals surface area contributed by atoms with Gasteiger partial charge in [0.1, 0.15) is 0 Å². The van der Waals surface area contributed by atoms with E-state index in [1.54, 1.807) is 12.4 Å². The summed E-state index contributed by atoms with van der Waals surface area (Å²) in [6, 6.07) is 2.88. The van der Waals surface area contributed by atoms with Crippen LogP contribution in [0.5, 0.6) is 0 Å². The van der Waals surface area contributed by atoms with E-state index in [1.165, 1.54) is 44.3 Å². The summed E-state index contributed by atoms with van der Waals surface area (Å²) in [6.07, 6.45) is 11.2. The molecule has 2 aliphatic rings. The van der Waals surface area contributed by atoms with Gasteiger partial charge in [-0.2, -0.15) is 5.10 Å². The number of amides is 1. The molecule has 0 unspecified atom stereocenters. The largest absolute Gasteiger partial charge is 0.344 e. The first kappa shape index (κ1) is 16.3. The molecule has 7 heteroatoms. The number of hydrogen-bond acceptors (Lipinski definition) is 4. The van der Waals surface area contributed by atoms with Crippen molar-refractivity contribution in [2.45, 2.75) is 64.2 Å². The fourth-order valence-corrected chi connectivity index (χ4v) is 4.03. The fourth-order valence-electron chi connectivity index (χ4n) is 4.03. The van der Waals surface area contributed by atoms with Crippen molar-refractivity contribution in [3.05, 3.63) is 35.7 Å². The van der Waals surface area contributed by atoms with Crippen LogP contribution < -0.4 is 5.32 Å². The number of fused-ring (bicyclic) bond motifs is 1. The zero-order chi connectivity index (χ0) is 17.1. The highest BCUT2D eigenvalue weighted by Gasteiger charge is 2.24. The van der Waals surface area contributed by atoms with Crippen molar-refractivity contribution in [3.63, 3.8) is 0 Å². The third kappa shape index (κ3) is 3.76. The van der Waals surface area contributed by atoms with Gasteiger partial charge in [-0.3, -0.25) is 14.4 Å². The summed E-state index contributed by atoms with van der Waals surface area (Å²) in [7, 11) is 0. The molecular formula is C18H26N6O. The minimum atomic E-state index is -0.197. The molecule has 1 saturated carbocycles. The number of imidazole rings is 1. The zero-order valence-corrected chi connectivity index (χ0v) is 14.6. The van der Waals surface area contributed by atoms with Crippen LogP contribution in [0.25, 0.3) is 0 Å². The maximum absolute atomic E-state index is 12.0. The minimum Gasteiger partial charge on any atom is -0.344 e. The fraction of sp³-hybridized carbons (Fsp3) is 0.611. The first-order chi connectivity index (χ1) is 12.3. The normalized spacial score (nSPS) is 19.4. The Kier molecular flexibility index (Phi) is 4.83. The number of carbonyl (C=O) groups excluding carboxylic acids is 1. The molecule has 1 aliphatic heterocycles. The third-order valence-electron chi connectivity index (χ3n) is 5.33. The number of H-pyrrole nitrogens is 1. The van der Waals surface area contributed by atoms with E-state index in [0.29, 0.717) is 12.4 Å². The van der Waals surface area contributed by atoms with Gasteiger partial charge >= 0.3 is 0 Å². The number of aromatic amines is 1. The van der Waals surface area contributed by atoms with Gasteiger partial charge in [-0.15, -0.1) is 0 Å². The maximum Gasteiger partial charge on any atom is 0.287 e. The summed E-state index contributed by atoms with van der Waals surface area (Å²) in [5.74, 6) is 0.140. The summed E-state index contributed by atoms with van der Waals surface area (Å²) in [4.78, 5) is 21.4. The number of nitrogens with zero attached hydrogens (tertiary/aromatic N) is 4. The second-order valence-corrected chi connectivity index (χ2v) is 7.09. The summed E-state index contributed by atoms with van der Waals surface area (Å²) in [5.41, 5.74) is 2.19. The molecule has 0 aromatic carbocycles. The van der Waals surface area contributed by atoms with Gasteiger partial charge in [-0.1, -0.05) is 19.3 Å². The van der Waals surface area contributed by atoms with Crippen molar-refractivity contribution in [1.29, 1.82) is 0 Å². The summed E-state index contributed by atoms with van der Waals surface area (Å²) in [6.45, 7) is 3.54. The molecule has 0 radical (unpaired) electrons. The first-order valence-electron chi connectivity index (χ1n) is 9.37. The molecule has 4 rings (SSSR count). The van der Waals surface area contributed by atoms with Crippen LogP contribution >= 0.6 is 0 Å². The van der Waals surface area contributed by atoms with Crippen LogP contribution in [0.1, 0.15) is 60.5 Å². The van der Waals surface area contributed by atoms with Crippen molar-refractivity contribution in [3.8, 4) is 0 Å². The highest BCUT2D eigenvalue weighted by atomic mass is 16.2. The van der Waals surface area contributed by atoms with Crippen LogP contribution in [0, 0.1) is 0 Å². The average molecular weight is 342 g/mol. The molecule has 134 valence electrons. The molecule has 1 amide bonds. The summed E-state index contributed by atoms with van der Waals surface area (Å²) >= 11 is 0. The van der Waals surface area contributed by atoms with Crippen molar-refractivity contribution >= 4 is 5.91 Å². The molecule has 1 fully saturated rings. The maximum atomic E-state index is 12.0. The van der Waals surface area contributed by atoms with Gasteiger partial charge in [0.15, 0.2) is 5.82 Å². The second-order valence-electron chi connectivity index (χ2n) is 7.09. The predicted molar refractivity (Wildman–Crippen MR) is 93.9 cm³/mol. The number of aryl methyl sites for hydroxylation is 1. The van der Waals surface area contributed by atoms with Crippen LogP contribution in [-0.2, 0) is 19.6 Å². The molecule has 2 N–H and O–H groups in total. The van der Waals surface area contributed by atoms with Gasteiger partial charge in [0.05, 0.1) is 17.9 Å². The smallest absolute Gasteiger partial charge is 0.287 e. The van der Waals surface area contributed by atoms with Crippen LogP contribution in [0.2, 0.25) is 0 Å². The van der Waals surface area contributed by atoms with E-state index in [9.17, 15) is 4.79 Å². The van der Waals surface area contributed by atoms with Gasteiger partial charge in [0.25, 0.3) is 5.91 Å². The van der Waals surface area contributed by atoms with Gasteiger partial charge in [0, 0.05) is 38.1 Å². The SMILES string of the molecule is O=C(NCc1cc2n(n1)CCCN(C1CCCCC1)C2)c1ncc[nH]1. The minimum absolute atomic E-state index is 0.197. The number of rotatable bonds is 4. The molecule has 0 saturated heterocycles. The van der Waals surface area contributed by atoms with Crippen molar-refractivity contribution in [2.75, 3.05) is 6.54 Å². The topological polar surface area (TPSA) is 78.8 Å². The average Bonchev–Trinajstić information content (AvgIpc) is 3.27. The molecule has 0 bridgehead atoms. The van der Waals surface area contributed by atoms with Crippen LogP contribution in [0.15, 0.2) is 18.5 Å². The Bertz CT molecular complexity index is 701. The highest BCUT2D eigenvalue weighted by Crippen LogP contribution is 2.25. The van der Waals surface area contributed by atoms with E-state index in [4.69, 9.17) is 0 Å². The number of nitrogens with one attached hydrogen (secondary N) is 2. The first-order valence-corrected chi connectivity index (χ1v) is 9.37. The van der Waals surface area contributed by atoms with Crippen molar-refractivity contribution < 1.29 is 4.79 Å². The van der Waals surface area contributed by atoms with Crippen LogP contribution in [0.4, 0.5) is 0 Å². The number of hydrogen-bond donors (Lipinski definition) is 2. The predicted octanol–water partition coefficient (Wildman–Crippen LogP) is 2.07. The van der Waals surface area contributed by atoms with Crippen LogP contribution in [-0.4, -0.2) is 43.1 Å². The Morgan fingerprint density at radius 3 is 2.92 bits per heavy atom. The molecular weight excluding hydrogens is 316 g/mol. The number of aromatic nitrogens is 4. The van der Waals surface area contributed by atoms with Crippen molar-refractivity contribution in [1.82, 2.24) is 30.0 Å². The van der Waals surface area contributed by atoms with E-state index in [0.717, 1.165) is 31.2 Å². The molecule has 25 heavy (non-hydrogen) atoms. The standard InChI is InChI=1S/C18H26N6O/c25-18(17-19-7-8-20-17)21-12-14-11-16-13-23(9-4-10-24(16)22-14)15-5-2-1-3-6-15/h7-8,11,15H,1-6,9-10,12-13H2,(H,19,20)(H,21,25). The van der Waals surface area contributed by atoms with E-state index in [2.05, 4.69) is 36.0 Å². The Balaban J connectivity index is 1.39. The third-order valence-corrected chi connectivity index (χ3v) is 5.33. The Morgan fingerprint density at radius 1 is 1.24 bits per heavy atom. The summed E-state index contributed by atoms with van der Waals surface area (Å²) < 4.78 is 2.12. The Morgan fingerprint density at radius 2 is 2.12 bits per heavy atom. The molecule has 0 spiro atoms. The Hall–Kier alpha value is -2.15. The second kappa shape index (κ2) is 7.39. The number of carbonyl (C=O) groups is 1. The van der Waals surface area contributed by atoms with E-state index >= 15 is 0 Å². The lowest BCUT2D eigenvalue weighted by atomic mass is 9.94. The van der Waals surface area contributed by atoms with E-state index in [-0.39, 0.29) is 5.91 Å². The Labute approximate surface area is 147 Å². The van der Waals surface area contributed by atoms with E-state index < -0.39 is 0 Å². The van der Waals surface area contributed by atoms with Gasteiger partial charge < -0.3 is 10.3 Å². The molecule has 2 aromatic rings. The zero-order valence-electron chi connectivity index (χ0n) is 14.6. The van der Waals surface area contributed by atoms with E-state index in [1.807, 2.05) is 0 Å². The molecule has 2 aromatic heterocycles. The molecule has 7 nitrogen and oxygen atoms in total. The molecule has 3 heterocycles. The quantitative estimate of drug-likeness (QED) is 0.892. The summed E-state index contributed by atoms with van der Waals surface area (Å²) in [5, 5.41) is 7.57. The van der Waals surface area contributed by atoms with Gasteiger partial charge in [-0.05, 0) is 25.3 Å². The lowest BCUT2D eigenvalue weighted by Gasteiger charge is -2.33. The van der Waals surface area contributed by atoms with Gasteiger partial charge in [-0.25, -0.2) is 4.98 Å². The lowest BCUT2D eigenvalue weighted by Crippen LogP contribution is -2.36. The lowest BCUT2D eigenvalue weighted by molar-refractivity contribution is 0.0941. The monoisotopic (exact) mass is 342 g/mol. The highest BCUT2D eigenvalue weighted by molar-refractivity contribution is 5.90. The van der Waals surface area contributed by atoms with Crippen molar-refractivity contribution in [2.24, 2.45) is 0 Å².